The summed E-state index contributed by atoms with van der Waals surface area (Å²) in [4.78, 5) is 8.48. The largest absolute Gasteiger partial charge is 0.380 e. The molecule has 0 bridgehead atoms. The van der Waals surface area contributed by atoms with E-state index >= 15 is 0 Å². The van der Waals surface area contributed by atoms with Crippen LogP contribution in [-0.2, 0) is 6.54 Å². The van der Waals surface area contributed by atoms with Crippen LogP contribution in [0, 0.1) is 6.92 Å². The molecule has 118 valence electrons. The van der Waals surface area contributed by atoms with E-state index in [9.17, 15) is 0 Å². The van der Waals surface area contributed by atoms with Crippen molar-refractivity contribution in [1.29, 1.82) is 0 Å². The number of rotatable bonds is 4. The van der Waals surface area contributed by atoms with Gasteiger partial charge in [0.15, 0.2) is 0 Å². The van der Waals surface area contributed by atoms with Crippen molar-refractivity contribution in [2.45, 2.75) is 13.5 Å². The fourth-order valence-electron chi connectivity index (χ4n) is 2.83. The second-order valence-corrected chi connectivity index (χ2v) is 5.69. The summed E-state index contributed by atoms with van der Waals surface area (Å²) in [5.41, 5.74) is 5.50. The molecule has 0 spiro atoms. The number of hydrogen-bond donors (Lipinski definition) is 1. The summed E-state index contributed by atoms with van der Waals surface area (Å²) in [5.74, 6) is 0. The number of anilines is 1. The maximum atomic E-state index is 4.49. The lowest BCUT2D eigenvalue weighted by molar-refractivity contribution is 0.876. The lowest BCUT2D eigenvalue weighted by atomic mass is 10.1. The van der Waals surface area contributed by atoms with Crippen LogP contribution in [0.2, 0.25) is 0 Å². The number of para-hydroxylation sites is 1. The quantitative estimate of drug-likeness (QED) is 0.623. The van der Waals surface area contributed by atoms with Gasteiger partial charge in [0.2, 0.25) is 0 Å². The standard InChI is InChI=1S/C19H17N5/c1-14-4-2-7-17-18(8-9-21-19(14)17)22-11-15-5-3-6-16(10-15)24-13-20-12-23-24/h2-10,12-13H,11H2,1H3,(H,21,22). The van der Waals surface area contributed by atoms with Gasteiger partial charge < -0.3 is 5.32 Å². The number of nitrogens with one attached hydrogen (secondary N) is 1. The fraction of sp³-hybridized carbons (Fsp3) is 0.105. The van der Waals surface area contributed by atoms with Crippen LogP contribution >= 0.6 is 0 Å². The van der Waals surface area contributed by atoms with Crippen molar-refractivity contribution in [3.8, 4) is 5.69 Å². The Labute approximate surface area is 140 Å². The first-order chi connectivity index (χ1) is 11.8. The van der Waals surface area contributed by atoms with E-state index in [1.165, 1.54) is 17.5 Å². The van der Waals surface area contributed by atoms with Crippen LogP contribution in [0.25, 0.3) is 16.6 Å². The SMILES string of the molecule is Cc1cccc2c(NCc3cccc(-n4cncn4)c3)ccnc12. The third kappa shape index (κ3) is 2.72. The van der Waals surface area contributed by atoms with Gasteiger partial charge in [-0.3, -0.25) is 4.98 Å². The summed E-state index contributed by atoms with van der Waals surface area (Å²) in [5, 5.41) is 8.84. The molecule has 24 heavy (non-hydrogen) atoms. The van der Waals surface area contributed by atoms with Gasteiger partial charge in [-0.05, 0) is 36.2 Å². The van der Waals surface area contributed by atoms with Crippen LogP contribution < -0.4 is 5.32 Å². The number of aryl methyl sites for hydroxylation is 1. The summed E-state index contributed by atoms with van der Waals surface area (Å²) in [6.45, 7) is 2.82. The number of hydrogen-bond acceptors (Lipinski definition) is 4. The summed E-state index contributed by atoms with van der Waals surface area (Å²) < 4.78 is 1.76. The molecule has 2 aromatic carbocycles. The molecular formula is C19H17N5. The summed E-state index contributed by atoms with van der Waals surface area (Å²) >= 11 is 0. The van der Waals surface area contributed by atoms with E-state index in [-0.39, 0.29) is 0 Å². The lowest BCUT2D eigenvalue weighted by Gasteiger charge is -2.11. The minimum Gasteiger partial charge on any atom is -0.380 e. The van der Waals surface area contributed by atoms with Gasteiger partial charge in [-0.15, -0.1) is 0 Å². The van der Waals surface area contributed by atoms with E-state index < -0.39 is 0 Å². The molecule has 0 radical (unpaired) electrons. The van der Waals surface area contributed by atoms with Gasteiger partial charge in [0.05, 0.1) is 11.2 Å². The predicted molar refractivity (Wildman–Crippen MR) is 95.2 cm³/mol. The first-order valence-electron chi connectivity index (χ1n) is 7.83. The Morgan fingerprint density at radius 3 is 2.88 bits per heavy atom. The third-order valence-corrected chi connectivity index (χ3v) is 4.05. The normalized spacial score (nSPS) is 10.9. The van der Waals surface area contributed by atoms with Crippen LogP contribution in [0.5, 0.6) is 0 Å². The maximum absolute atomic E-state index is 4.49. The Hall–Kier alpha value is -3.21. The molecular weight excluding hydrogens is 298 g/mol. The second-order valence-electron chi connectivity index (χ2n) is 5.69. The molecule has 0 fully saturated rings. The molecule has 2 aromatic heterocycles. The Balaban J connectivity index is 1.60. The van der Waals surface area contributed by atoms with Crippen molar-refractivity contribution >= 4 is 16.6 Å². The number of pyridine rings is 1. The molecule has 2 heterocycles. The molecule has 0 unspecified atom stereocenters. The monoisotopic (exact) mass is 315 g/mol. The topological polar surface area (TPSA) is 55.6 Å². The summed E-state index contributed by atoms with van der Waals surface area (Å²) in [7, 11) is 0. The number of fused-ring (bicyclic) bond motifs is 1. The minimum atomic E-state index is 0.732. The van der Waals surface area contributed by atoms with E-state index in [4.69, 9.17) is 0 Å². The van der Waals surface area contributed by atoms with E-state index in [1.807, 2.05) is 24.4 Å². The molecule has 5 heteroatoms. The number of nitrogens with zero attached hydrogens (tertiary/aromatic N) is 4. The molecule has 0 aliphatic heterocycles. The Morgan fingerprint density at radius 1 is 1.08 bits per heavy atom. The van der Waals surface area contributed by atoms with Crippen LogP contribution in [0.4, 0.5) is 5.69 Å². The van der Waals surface area contributed by atoms with Gasteiger partial charge in [-0.2, -0.15) is 5.10 Å². The summed E-state index contributed by atoms with van der Waals surface area (Å²) in [6.07, 6.45) is 5.09. The zero-order chi connectivity index (χ0) is 16.4. The van der Waals surface area contributed by atoms with E-state index in [0.29, 0.717) is 0 Å². The molecule has 0 saturated heterocycles. The molecule has 0 amide bonds. The first-order valence-corrected chi connectivity index (χ1v) is 7.83. The second kappa shape index (κ2) is 6.12. The van der Waals surface area contributed by atoms with Gasteiger partial charge in [-0.1, -0.05) is 30.3 Å². The Morgan fingerprint density at radius 2 is 2.00 bits per heavy atom. The van der Waals surface area contributed by atoms with Crippen molar-refractivity contribution in [3.05, 3.63) is 78.5 Å². The van der Waals surface area contributed by atoms with Crippen molar-refractivity contribution in [3.63, 3.8) is 0 Å². The average Bonchev–Trinajstić information content (AvgIpc) is 3.15. The number of aromatic nitrogens is 4. The van der Waals surface area contributed by atoms with Crippen LogP contribution in [0.3, 0.4) is 0 Å². The van der Waals surface area contributed by atoms with Crippen molar-refractivity contribution in [2.75, 3.05) is 5.32 Å². The van der Waals surface area contributed by atoms with Gasteiger partial charge >= 0.3 is 0 Å². The maximum Gasteiger partial charge on any atom is 0.138 e. The van der Waals surface area contributed by atoms with Gasteiger partial charge in [-0.25, -0.2) is 9.67 Å². The summed E-state index contributed by atoms with van der Waals surface area (Å²) in [6, 6.07) is 16.5. The van der Waals surface area contributed by atoms with Crippen molar-refractivity contribution < 1.29 is 0 Å². The smallest absolute Gasteiger partial charge is 0.138 e. The van der Waals surface area contributed by atoms with E-state index in [0.717, 1.165) is 28.8 Å². The van der Waals surface area contributed by atoms with E-state index in [1.54, 1.807) is 11.0 Å². The lowest BCUT2D eigenvalue weighted by Crippen LogP contribution is -2.02. The van der Waals surface area contributed by atoms with Crippen LogP contribution in [0.15, 0.2) is 67.4 Å². The molecule has 4 rings (SSSR count). The minimum absolute atomic E-state index is 0.732. The highest BCUT2D eigenvalue weighted by Crippen LogP contribution is 2.24. The van der Waals surface area contributed by atoms with Gasteiger partial charge in [0, 0.05) is 23.8 Å². The van der Waals surface area contributed by atoms with Crippen LogP contribution in [-0.4, -0.2) is 19.7 Å². The highest BCUT2D eigenvalue weighted by molar-refractivity contribution is 5.92. The Bertz CT molecular complexity index is 976. The molecule has 0 atom stereocenters. The van der Waals surface area contributed by atoms with Gasteiger partial charge in [0.25, 0.3) is 0 Å². The molecule has 0 aliphatic rings. The molecule has 4 aromatic rings. The van der Waals surface area contributed by atoms with Crippen molar-refractivity contribution in [1.82, 2.24) is 19.7 Å². The zero-order valence-corrected chi connectivity index (χ0v) is 13.3. The highest BCUT2D eigenvalue weighted by Gasteiger charge is 2.04. The molecule has 5 nitrogen and oxygen atoms in total. The van der Waals surface area contributed by atoms with E-state index in [2.05, 4.69) is 57.6 Å². The fourth-order valence-corrected chi connectivity index (χ4v) is 2.83. The third-order valence-electron chi connectivity index (χ3n) is 4.05. The predicted octanol–water partition coefficient (Wildman–Crippen LogP) is 3.74. The molecule has 0 saturated carbocycles. The number of benzene rings is 2. The van der Waals surface area contributed by atoms with Gasteiger partial charge in [0.1, 0.15) is 12.7 Å². The zero-order valence-electron chi connectivity index (χ0n) is 13.3. The average molecular weight is 315 g/mol. The first kappa shape index (κ1) is 14.4. The van der Waals surface area contributed by atoms with Crippen molar-refractivity contribution in [2.24, 2.45) is 0 Å². The Kier molecular flexibility index (Phi) is 3.67. The molecule has 0 aliphatic carbocycles. The highest BCUT2D eigenvalue weighted by atomic mass is 15.3. The van der Waals surface area contributed by atoms with Crippen LogP contribution in [0.1, 0.15) is 11.1 Å². The molecule has 1 N–H and O–H groups in total.